The Morgan fingerprint density at radius 1 is 0.912 bits per heavy atom. The molecule has 0 aliphatic carbocycles. The lowest BCUT2D eigenvalue weighted by atomic mass is 10.1. The second-order valence-corrected chi connectivity index (χ2v) is 10.2. The average Bonchev–Trinajstić information content (AvgIpc) is 2.84. The maximum atomic E-state index is 6.64. The van der Waals surface area contributed by atoms with Crippen LogP contribution in [0.4, 0.5) is 11.4 Å². The standard InChI is InChI=1S/C26H26BrCl3N2O2/c1-33-25-10-7-20(27)19(26(25)34-16-17-5-8-21(28)22(29)13-17)15-31-18-6-9-24(23(30)14-18)32-11-3-2-4-12-32/h5-10,13-14,31H,2-4,11-12,15-16H2,1H3. The van der Waals surface area contributed by atoms with Gasteiger partial charge in [-0.05, 0) is 67.3 Å². The first-order valence-corrected chi connectivity index (χ1v) is 13.1. The van der Waals surface area contributed by atoms with Crippen LogP contribution in [0.1, 0.15) is 30.4 Å². The highest BCUT2D eigenvalue weighted by atomic mass is 79.9. The fourth-order valence-corrected chi connectivity index (χ4v) is 5.12. The predicted molar refractivity (Wildman–Crippen MR) is 146 cm³/mol. The van der Waals surface area contributed by atoms with Crippen molar-refractivity contribution in [2.75, 3.05) is 30.4 Å². The van der Waals surface area contributed by atoms with Crippen LogP contribution < -0.4 is 19.7 Å². The van der Waals surface area contributed by atoms with Gasteiger partial charge in [-0.1, -0.05) is 56.8 Å². The smallest absolute Gasteiger partial charge is 0.167 e. The van der Waals surface area contributed by atoms with Crippen molar-refractivity contribution in [3.05, 3.63) is 79.2 Å². The lowest BCUT2D eigenvalue weighted by Crippen LogP contribution is -2.29. The van der Waals surface area contributed by atoms with Crippen molar-refractivity contribution in [3.63, 3.8) is 0 Å². The van der Waals surface area contributed by atoms with Crippen molar-refractivity contribution in [2.45, 2.75) is 32.4 Å². The van der Waals surface area contributed by atoms with E-state index in [1.165, 1.54) is 19.3 Å². The van der Waals surface area contributed by atoms with Gasteiger partial charge in [-0.25, -0.2) is 0 Å². The molecule has 8 heteroatoms. The van der Waals surface area contributed by atoms with Gasteiger partial charge in [-0.2, -0.15) is 0 Å². The van der Waals surface area contributed by atoms with E-state index in [-0.39, 0.29) is 0 Å². The highest BCUT2D eigenvalue weighted by molar-refractivity contribution is 9.10. The zero-order chi connectivity index (χ0) is 24.1. The molecule has 0 radical (unpaired) electrons. The molecule has 4 nitrogen and oxygen atoms in total. The van der Waals surface area contributed by atoms with E-state index in [4.69, 9.17) is 44.3 Å². The third-order valence-electron chi connectivity index (χ3n) is 5.87. The van der Waals surface area contributed by atoms with Crippen LogP contribution in [-0.4, -0.2) is 20.2 Å². The molecule has 0 aromatic heterocycles. The summed E-state index contributed by atoms with van der Waals surface area (Å²) in [5.41, 5.74) is 3.89. The van der Waals surface area contributed by atoms with E-state index in [1.807, 2.05) is 24.3 Å². The van der Waals surface area contributed by atoms with Crippen LogP contribution in [0.5, 0.6) is 11.5 Å². The maximum Gasteiger partial charge on any atom is 0.167 e. The number of nitrogens with one attached hydrogen (secondary N) is 1. The fourth-order valence-electron chi connectivity index (χ4n) is 4.05. The van der Waals surface area contributed by atoms with Gasteiger partial charge in [0.2, 0.25) is 0 Å². The minimum atomic E-state index is 0.326. The summed E-state index contributed by atoms with van der Waals surface area (Å²) < 4.78 is 12.7. The van der Waals surface area contributed by atoms with Crippen molar-refractivity contribution in [3.8, 4) is 11.5 Å². The summed E-state index contributed by atoms with van der Waals surface area (Å²) in [6.45, 7) is 2.96. The summed E-state index contributed by atoms with van der Waals surface area (Å²) in [6.07, 6.45) is 3.72. The van der Waals surface area contributed by atoms with Gasteiger partial charge in [0.1, 0.15) is 6.61 Å². The van der Waals surface area contributed by atoms with Crippen LogP contribution in [0.25, 0.3) is 0 Å². The van der Waals surface area contributed by atoms with Crippen molar-refractivity contribution in [1.82, 2.24) is 0 Å². The van der Waals surface area contributed by atoms with Gasteiger partial charge in [0, 0.05) is 35.4 Å². The molecule has 0 spiro atoms. The minimum Gasteiger partial charge on any atom is -0.493 e. The highest BCUT2D eigenvalue weighted by Crippen LogP contribution is 2.38. The Morgan fingerprint density at radius 2 is 1.71 bits per heavy atom. The molecule has 34 heavy (non-hydrogen) atoms. The summed E-state index contributed by atoms with van der Waals surface area (Å²) in [5, 5.41) is 5.24. The molecule has 1 saturated heterocycles. The molecule has 0 atom stereocenters. The van der Waals surface area contributed by atoms with Crippen molar-refractivity contribution in [2.24, 2.45) is 0 Å². The fraction of sp³-hybridized carbons (Fsp3) is 0.308. The van der Waals surface area contributed by atoms with Crippen molar-refractivity contribution in [1.29, 1.82) is 0 Å². The molecule has 4 rings (SSSR count). The Labute approximate surface area is 224 Å². The first kappa shape index (κ1) is 25.3. The number of halogens is 4. The van der Waals surface area contributed by atoms with Gasteiger partial charge in [-0.15, -0.1) is 0 Å². The Morgan fingerprint density at radius 3 is 2.41 bits per heavy atom. The lowest BCUT2D eigenvalue weighted by molar-refractivity contribution is 0.281. The maximum absolute atomic E-state index is 6.64. The van der Waals surface area contributed by atoms with Crippen LogP contribution in [0.2, 0.25) is 15.1 Å². The van der Waals surface area contributed by atoms with E-state index in [2.05, 4.69) is 38.3 Å². The number of ether oxygens (including phenoxy) is 2. The molecule has 1 aliphatic heterocycles. The van der Waals surface area contributed by atoms with E-state index in [0.717, 1.165) is 45.1 Å². The number of hydrogen-bond acceptors (Lipinski definition) is 4. The number of anilines is 2. The van der Waals surface area contributed by atoms with Gasteiger partial charge < -0.3 is 19.7 Å². The zero-order valence-corrected chi connectivity index (χ0v) is 22.7. The predicted octanol–water partition coefficient (Wildman–Crippen LogP) is 8.60. The van der Waals surface area contributed by atoms with Crippen LogP contribution in [0.3, 0.4) is 0 Å². The topological polar surface area (TPSA) is 33.7 Å². The quantitative estimate of drug-likeness (QED) is 0.288. The van der Waals surface area contributed by atoms with Crippen molar-refractivity contribution < 1.29 is 9.47 Å². The molecular weight excluding hydrogens is 559 g/mol. The highest BCUT2D eigenvalue weighted by Gasteiger charge is 2.17. The number of piperidine rings is 1. The normalized spacial score (nSPS) is 13.6. The average molecular weight is 585 g/mol. The van der Waals surface area contributed by atoms with Gasteiger partial charge >= 0.3 is 0 Å². The van der Waals surface area contributed by atoms with E-state index in [1.54, 1.807) is 19.2 Å². The van der Waals surface area contributed by atoms with E-state index >= 15 is 0 Å². The molecule has 0 saturated carbocycles. The van der Waals surface area contributed by atoms with E-state index in [0.29, 0.717) is 34.7 Å². The summed E-state index contributed by atoms with van der Waals surface area (Å²) >= 11 is 22.5. The van der Waals surface area contributed by atoms with Gasteiger partial charge in [0.15, 0.2) is 11.5 Å². The Balaban J connectivity index is 1.51. The third kappa shape index (κ3) is 6.06. The summed E-state index contributed by atoms with van der Waals surface area (Å²) in [6, 6.07) is 15.4. The number of rotatable bonds is 8. The Hall–Kier alpha value is -1.79. The molecule has 180 valence electrons. The van der Waals surface area contributed by atoms with Crippen LogP contribution in [-0.2, 0) is 13.2 Å². The first-order chi connectivity index (χ1) is 16.5. The molecule has 1 N–H and O–H groups in total. The minimum absolute atomic E-state index is 0.326. The summed E-state index contributed by atoms with van der Waals surface area (Å²) in [7, 11) is 1.63. The Bertz CT molecular complexity index is 1150. The van der Waals surface area contributed by atoms with E-state index in [9.17, 15) is 0 Å². The van der Waals surface area contributed by atoms with E-state index < -0.39 is 0 Å². The number of methoxy groups -OCH3 is 1. The number of hydrogen-bond donors (Lipinski definition) is 1. The molecule has 0 amide bonds. The van der Waals surface area contributed by atoms with Crippen LogP contribution in [0, 0.1) is 0 Å². The summed E-state index contributed by atoms with van der Waals surface area (Å²) in [4.78, 5) is 2.36. The van der Waals surface area contributed by atoms with Gasteiger partial charge in [-0.3, -0.25) is 0 Å². The molecular formula is C26H26BrCl3N2O2. The SMILES string of the molecule is COc1ccc(Br)c(CNc2ccc(N3CCCCC3)c(Cl)c2)c1OCc1ccc(Cl)c(Cl)c1. The van der Waals surface area contributed by atoms with Gasteiger partial charge in [0.25, 0.3) is 0 Å². The molecule has 0 bridgehead atoms. The van der Waals surface area contributed by atoms with Crippen LogP contribution in [0.15, 0.2) is 53.0 Å². The largest absolute Gasteiger partial charge is 0.493 e. The first-order valence-electron chi connectivity index (χ1n) is 11.2. The molecule has 3 aromatic carbocycles. The van der Waals surface area contributed by atoms with Crippen LogP contribution >= 0.6 is 50.7 Å². The number of nitrogens with zero attached hydrogens (tertiary/aromatic N) is 1. The molecule has 1 aliphatic rings. The summed E-state index contributed by atoms with van der Waals surface area (Å²) in [5.74, 6) is 1.31. The molecule has 1 fully saturated rings. The van der Waals surface area contributed by atoms with Crippen molar-refractivity contribution >= 4 is 62.1 Å². The number of benzene rings is 3. The monoisotopic (exact) mass is 582 g/mol. The zero-order valence-electron chi connectivity index (χ0n) is 18.8. The third-order valence-corrected chi connectivity index (χ3v) is 7.65. The Kier molecular flexibility index (Phi) is 8.75. The lowest BCUT2D eigenvalue weighted by Gasteiger charge is -2.29. The van der Waals surface area contributed by atoms with Gasteiger partial charge in [0.05, 0.1) is 27.9 Å². The molecule has 1 heterocycles. The molecule has 3 aromatic rings. The second kappa shape index (κ2) is 11.8. The second-order valence-electron chi connectivity index (χ2n) is 8.16. The molecule has 0 unspecified atom stereocenters.